The number of carboxylic acid groups (broad SMARTS) is 1. The molecule has 0 aliphatic carbocycles. The molecule has 104 valence electrons. The molecule has 19 heavy (non-hydrogen) atoms. The smallest absolute Gasteiger partial charge is 0.335 e. The molecule has 0 spiro atoms. The molecule has 0 saturated carbocycles. The number of hydrogen-bond donors (Lipinski definition) is 3. The van der Waals surface area contributed by atoms with E-state index in [0.717, 1.165) is 6.54 Å². The van der Waals surface area contributed by atoms with Crippen molar-refractivity contribution in [3.05, 3.63) is 28.2 Å². The third kappa shape index (κ3) is 5.27. The fraction of sp³-hybridized carbons (Fsp3) is 0.333. The minimum absolute atomic E-state index is 0.117. The first kappa shape index (κ1) is 15.5. The molecule has 0 saturated heterocycles. The molecule has 3 N–H and O–H groups in total. The van der Waals surface area contributed by atoms with Crippen LogP contribution in [-0.2, 0) is 0 Å². The van der Waals surface area contributed by atoms with Gasteiger partial charge in [-0.3, -0.25) is 0 Å². The average Bonchev–Trinajstić information content (AvgIpc) is 2.31. The summed E-state index contributed by atoms with van der Waals surface area (Å²) < 4.78 is 0.625. The standard InChI is InChI=1S/C12H16BrN3O3/c1-16(2)6-5-14-12(19)15-10-7-8(11(17)18)3-4-9(10)13/h3-4,7H,5-6H2,1-2H3,(H,17,18)(H2,14,15,19). The number of carbonyl (C=O) groups is 2. The number of carbonyl (C=O) groups excluding carboxylic acids is 1. The number of anilines is 1. The van der Waals surface area contributed by atoms with E-state index in [2.05, 4.69) is 26.6 Å². The van der Waals surface area contributed by atoms with E-state index in [9.17, 15) is 9.59 Å². The van der Waals surface area contributed by atoms with E-state index >= 15 is 0 Å². The number of nitrogens with zero attached hydrogens (tertiary/aromatic N) is 1. The van der Waals surface area contributed by atoms with Gasteiger partial charge in [-0.25, -0.2) is 9.59 Å². The number of likely N-dealkylation sites (N-methyl/N-ethyl adjacent to an activating group) is 1. The van der Waals surface area contributed by atoms with Crippen LogP contribution in [0.2, 0.25) is 0 Å². The van der Waals surface area contributed by atoms with Gasteiger partial charge >= 0.3 is 12.0 Å². The molecule has 7 heteroatoms. The van der Waals surface area contributed by atoms with Gasteiger partial charge in [0.05, 0.1) is 11.3 Å². The molecule has 0 aliphatic rings. The van der Waals surface area contributed by atoms with Crippen LogP contribution < -0.4 is 10.6 Å². The van der Waals surface area contributed by atoms with E-state index in [-0.39, 0.29) is 11.6 Å². The van der Waals surface area contributed by atoms with Crippen LogP contribution in [0.25, 0.3) is 0 Å². The molecule has 0 aliphatic heterocycles. The van der Waals surface area contributed by atoms with Crippen molar-refractivity contribution in [2.75, 3.05) is 32.5 Å². The van der Waals surface area contributed by atoms with Gasteiger partial charge in [-0.15, -0.1) is 0 Å². The lowest BCUT2D eigenvalue weighted by Crippen LogP contribution is -2.34. The van der Waals surface area contributed by atoms with Crippen LogP contribution in [0.1, 0.15) is 10.4 Å². The van der Waals surface area contributed by atoms with E-state index in [0.29, 0.717) is 16.7 Å². The summed E-state index contributed by atoms with van der Waals surface area (Å²) in [6, 6.07) is 4.07. The SMILES string of the molecule is CN(C)CCNC(=O)Nc1cc(C(=O)O)ccc1Br. The maximum atomic E-state index is 11.6. The van der Waals surface area contributed by atoms with Gasteiger partial charge in [0.1, 0.15) is 0 Å². The summed E-state index contributed by atoms with van der Waals surface area (Å²) in [7, 11) is 3.82. The lowest BCUT2D eigenvalue weighted by atomic mass is 10.2. The first-order valence-electron chi connectivity index (χ1n) is 5.62. The van der Waals surface area contributed by atoms with E-state index < -0.39 is 5.97 Å². The maximum absolute atomic E-state index is 11.6. The zero-order chi connectivity index (χ0) is 14.4. The molecule has 0 aromatic heterocycles. The fourth-order valence-electron chi connectivity index (χ4n) is 1.31. The summed E-state index contributed by atoms with van der Waals surface area (Å²) in [5.41, 5.74) is 0.536. The van der Waals surface area contributed by atoms with Gasteiger partial charge in [-0.2, -0.15) is 0 Å². The van der Waals surface area contributed by atoms with Crippen LogP contribution in [0.15, 0.2) is 22.7 Å². The summed E-state index contributed by atoms with van der Waals surface area (Å²) in [6.07, 6.45) is 0. The van der Waals surface area contributed by atoms with Gasteiger partial charge in [-0.1, -0.05) is 0 Å². The minimum atomic E-state index is -1.04. The van der Waals surface area contributed by atoms with Crippen LogP contribution in [0.3, 0.4) is 0 Å². The Morgan fingerprint density at radius 2 is 2.05 bits per heavy atom. The number of halogens is 1. The number of urea groups is 1. The summed E-state index contributed by atoms with van der Waals surface area (Å²) in [5, 5.41) is 14.2. The number of amides is 2. The van der Waals surface area contributed by atoms with Gasteiger partial charge in [0, 0.05) is 17.6 Å². The molecule has 0 fully saturated rings. The van der Waals surface area contributed by atoms with Crippen molar-refractivity contribution < 1.29 is 14.7 Å². The topological polar surface area (TPSA) is 81.7 Å². The highest BCUT2D eigenvalue weighted by molar-refractivity contribution is 9.10. The third-order valence-corrected chi connectivity index (χ3v) is 3.00. The fourth-order valence-corrected chi connectivity index (χ4v) is 1.66. The highest BCUT2D eigenvalue weighted by Gasteiger charge is 2.09. The third-order valence-electron chi connectivity index (χ3n) is 2.31. The van der Waals surface area contributed by atoms with Crippen molar-refractivity contribution in [1.29, 1.82) is 0 Å². The number of rotatable bonds is 5. The van der Waals surface area contributed by atoms with Crippen molar-refractivity contribution in [2.45, 2.75) is 0 Å². The highest BCUT2D eigenvalue weighted by atomic mass is 79.9. The van der Waals surface area contributed by atoms with Gasteiger partial charge in [0.25, 0.3) is 0 Å². The predicted octanol–water partition coefficient (Wildman–Crippen LogP) is 1.83. The molecule has 1 rings (SSSR count). The van der Waals surface area contributed by atoms with E-state index in [4.69, 9.17) is 5.11 Å². The number of nitrogens with one attached hydrogen (secondary N) is 2. The molecule has 6 nitrogen and oxygen atoms in total. The van der Waals surface area contributed by atoms with E-state index in [1.807, 2.05) is 19.0 Å². The zero-order valence-corrected chi connectivity index (χ0v) is 12.3. The molecule has 1 aromatic rings. The first-order chi connectivity index (χ1) is 8.90. The summed E-state index contributed by atoms with van der Waals surface area (Å²) >= 11 is 3.26. The van der Waals surface area contributed by atoms with Gasteiger partial charge in [0.15, 0.2) is 0 Å². The Kier molecular flexibility index (Phi) is 5.78. The molecule has 0 unspecified atom stereocenters. The molecule has 2 amide bonds. The maximum Gasteiger partial charge on any atom is 0.335 e. The quantitative estimate of drug-likeness (QED) is 0.769. The van der Waals surface area contributed by atoms with Gasteiger partial charge < -0.3 is 20.6 Å². The normalized spacial score (nSPS) is 10.3. The summed E-state index contributed by atoms with van der Waals surface area (Å²) in [6.45, 7) is 1.23. The summed E-state index contributed by atoms with van der Waals surface area (Å²) in [4.78, 5) is 24.4. The Balaban J connectivity index is 2.63. The van der Waals surface area contributed by atoms with Crippen molar-refractivity contribution in [3.63, 3.8) is 0 Å². The van der Waals surface area contributed by atoms with Crippen molar-refractivity contribution >= 4 is 33.6 Å². The second-order valence-electron chi connectivity index (χ2n) is 4.18. The van der Waals surface area contributed by atoms with Crippen molar-refractivity contribution in [1.82, 2.24) is 10.2 Å². The van der Waals surface area contributed by atoms with Crippen LogP contribution in [0.5, 0.6) is 0 Å². The predicted molar refractivity (Wildman–Crippen MR) is 76.7 cm³/mol. The lowest BCUT2D eigenvalue weighted by molar-refractivity contribution is 0.0697. The van der Waals surface area contributed by atoms with E-state index in [1.165, 1.54) is 12.1 Å². The van der Waals surface area contributed by atoms with Crippen LogP contribution in [0.4, 0.5) is 10.5 Å². The number of benzene rings is 1. The Morgan fingerprint density at radius 1 is 1.37 bits per heavy atom. The van der Waals surface area contributed by atoms with Crippen LogP contribution in [-0.4, -0.2) is 49.2 Å². The number of aromatic carboxylic acids is 1. The van der Waals surface area contributed by atoms with Gasteiger partial charge in [-0.05, 0) is 48.2 Å². The van der Waals surface area contributed by atoms with Crippen molar-refractivity contribution in [3.8, 4) is 0 Å². The average molecular weight is 330 g/mol. The Hall–Kier alpha value is -1.60. The molecular formula is C12H16BrN3O3. The first-order valence-corrected chi connectivity index (χ1v) is 6.42. The molecule has 1 aromatic carbocycles. The monoisotopic (exact) mass is 329 g/mol. The number of carboxylic acids is 1. The Morgan fingerprint density at radius 3 is 2.63 bits per heavy atom. The van der Waals surface area contributed by atoms with E-state index in [1.54, 1.807) is 6.07 Å². The van der Waals surface area contributed by atoms with Crippen LogP contribution in [0, 0.1) is 0 Å². The second-order valence-corrected chi connectivity index (χ2v) is 5.04. The van der Waals surface area contributed by atoms with Crippen LogP contribution >= 0.6 is 15.9 Å². The second kappa shape index (κ2) is 7.10. The molecule has 0 atom stereocenters. The molecule has 0 bridgehead atoms. The Bertz CT molecular complexity index is 477. The van der Waals surface area contributed by atoms with Gasteiger partial charge in [0.2, 0.25) is 0 Å². The minimum Gasteiger partial charge on any atom is -0.478 e. The van der Waals surface area contributed by atoms with Crippen molar-refractivity contribution in [2.24, 2.45) is 0 Å². The highest BCUT2D eigenvalue weighted by Crippen LogP contribution is 2.23. The zero-order valence-electron chi connectivity index (χ0n) is 10.7. The summed E-state index contributed by atoms with van der Waals surface area (Å²) in [5.74, 6) is -1.04. The largest absolute Gasteiger partial charge is 0.478 e. The molecule has 0 radical (unpaired) electrons. The number of hydrogen-bond acceptors (Lipinski definition) is 3. The molecular weight excluding hydrogens is 314 g/mol. The lowest BCUT2D eigenvalue weighted by Gasteiger charge is -2.12. The Labute approximate surface area is 119 Å². The molecule has 0 heterocycles.